The SMILES string of the molecule is CN1CCN(C(=O)CN=C=S)CC1.Cc1cc(N)c(C)cc1N.Cc1cc(NC(=S)NCC(=O)N2CCN(C)CC2)c(C)cc1NC(=S)NCC(=O)N1CCCC1.O=C(CN=C=S)N1CCCC1. The highest BCUT2D eigenvalue weighted by Gasteiger charge is 2.21. The summed E-state index contributed by atoms with van der Waals surface area (Å²) in [6.45, 7) is 18.7. The average molecular weight is 1010 g/mol. The number of hydrogen-bond donors (Lipinski definition) is 6. The van der Waals surface area contributed by atoms with Crippen LogP contribution in [0, 0.1) is 27.7 Å². The zero-order valence-electron chi connectivity index (χ0n) is 40.4. The number of nitrogens with one attached hydrogen (secondary N) is 4. The summed E-state index contributed by atoms with van der Waals surface area (Å²) in [6, 6.07) is 7.74. The molecule has 18 nitrogen and oxygen atoms in total. The van der Waals surface area contributed by atoms with E-state index in [1.807, 2.05) is 71.6 Å². The minimum atomic E-state index is 0.0467. The normalized spacial score (nSPS) is 15.6. The predicted octanol–water partition coefficient (Wildman–Crippen LogP) is 3.32. The Morgan fingerprint density at radius 1 is 0.515 bits per heavy atom. The lowest BCUT2D eigenvalue weighted by molar-refractivity contribution is -0.132. The Morgan fingerprint density at radius 3 is 1.16 bits per heavy atom. The van der Waals surface area contributed by atoms with Crippen LogP contribution >= 0.6 is 48.9 Å². The molecule has 0 unspecified atom stereocenters. The van der Waals surface area contributed by atoms with Crippen molar-refractivity contribution in [3.8, 4) is 0 Å². The van der Waals surface area contributed by atoms with Crippen LogP contribution in [-0.4, -0.2) is 192 Å². The molecule has 0 aliphatic carbocycles. The molecule has 0 atom stereocenters. The van der Waals surface area contributed by atoms with Gasteiger partial charge in [-0.25, -0.2) is 9.98 Å². The van der Waals surface area contributed by atoms with Crippen LogP contribution in [-0.2, 0) is 19.2 Å². The molecule has 2 aromatic rings. The van der Waals surface area contributed by atoms with Crippen molar-refractivity contribution in [1.29, 1.82) is 0 Å². The number of aliphatic imine (C=N–C) groups is 2. The van der Waals surface area contributed by atoms with Crippen LogP contribution in [0.1, 0.15) is 47.9 Å². The second-order valence-corrected chi connectivity index (χ2v) is 18.2. The number of nitrogens with zero attached hydrogens (tertiary/aromatic N) is 8. The number of nitrogens with two attached hydrogens (primary N) is 2. The maximum atomic E-state index is 12.4. The number of thiocarbonyl (C=S) groups is 4. The van der Waals surface area contributed by atoms with Gasteiger partial charge in [-0.15, -0.1) is 0 Å². The van der Waals surface area contributed by atoms with Gasteiger partial charge in [0.25, 0.3) is 0 Å². The molecule has 0 aromatic heterocycles. The highest BCUT2D eigenvalue weighted by Crippen LogP contribution is 2.25. The van der Waals surface area contributed by atoms with Crippen molar-refractivity contribution in [2.24, 2.45) is 9.98 Å². The fraction of sp³-hybridized carbons (Fsp3) is 0.565. The topological polar surface area (TPSA) is 213 Å². The first-order valence-electron chi connectivity index (χ1n) is 22.8. The zero-order valence-corrected chi connectivity index (χ0v) is 43.7. The number of rotatable bonds is 10. The van der Waals surface area contributed by atoms with Gasteiger partial charge < -0.3 is 62.1 Å². The summed E-state index contributed by atoms with van der Waals surface area (Å²) in [5.41, 5.74) is 18.6. The van der Waals surface area contributed by atoms with Crippen molar-refractivity contribution < 1.29 is 19.2 Å². The fourth-order valence-electron chi connectivity index (χ4n) is 7.26. The number of aryl methyl sites for hydroxylation is 4. The monoisotopic (exact) mass is 1010 g/mol. The van der Waals surface area contributed by atoms with E-state index in [-0.39, 0.29) is 49.8 Å². The first kappa shape index (κ1) is 57.1. The third-order valence-electron chi connectivity index (χ3n) is 11.7. The van der Waals surface area contributed by atoms with Crippen LogP contribution in [0.3, 0.4) is 0 Å². The number of carbonyl (C=O) groups excluding carboxylic acids is 4. The molecule has 372 valence electrons. The van der Waals surface area contributed by atoms with E-state index in [2.05, 4.69) is 89.9 Å². The number of nitrogen functional groups attached to an aromatic ring is 2. The number of amides is 4. The molecule has 0 spiro atoms. The van der Waals surface area contributed by atoms with Gasteiger partial charge in [0, 0.05) is 101 Å². The standard InChI is InChI=1S/C23H35N7O2S2.C8H13N3OS.C8H12N2.C7H10N2OS/c1-16-13-19(27-23(34)25-15-21(32)30-10-8-28(3)9-11-30)17(2)12-18(16)26-22(33)24-14-20(31)29-6-4-5-7-29;1-10-2-4-11(5-3-10)8(12)6-9-7-13;1-5-3-8(10)6(2)4-7(5)9;10-7(5-8-6-11)9-3-1-2-4-9/h12-13H,4-11,14-15H2,1-3H3,(H2,24,26,33)(H2,25,27,34);2-6H2,1H3;3-4H,9-10H2,1-2H3;1-5H2. The van der Waals surface area contributed by atoms with Crippen LogP contribution in [0.25, 0.3) is 0 Å². The van der Waals surface area contributed by atoms with Gasteiger partial charge in [0.05, 0.1) is 23.4 Å². The Morgan fingerprint density at radius 2 is 0.824 bits per heavy atom. The van der Waals surface area contributed by atoms with Gasteiger partial charge in [-0.05, 0) is 163 Å². The summed E-state index contributed by atoms with van der Waals surface area (Å²) >= 11 is 19.5. The molecular formula is C46H70N14O4S4. The number of piperazine rings is 2. The highest BCUT2D eigenvalue weighted by molar-refractivity contribution is 7.80. The summed E-state index contributed by atoms with van der Waals surface area (Å²) in [6.07, 6.45) is 4.37. The smallest absolute Gasteiger partial charge is 0.245 e. The molecule has 4 saturated heterocycles. The average Bonchev–Trinajstić information content (AvgIpc) is 4.07. The molecule has 0 bridgehead atoms. The van der Waals surface area contributed by atoms with Crippen molar-refractivity contribution >= 4 is 116 Å². The number of likely N-dealkylation sites (tertiary alicyclic amines) is 2. The first-order valence-corrected chi connectivity index (χ1v) is 24.4. The van der Waals surface area contributed by atoms with Gasteiger partial charge in [-0.3, -0.25) is 19.2 Å². The van der Waals surface area contributed by atoms with Gasteiger partial charge in [0.2, 0.25) is 23.6 Å². The lowest BCUT2D eigenvalue weighted by atomic mass is 10.1. The quantitative estimate of drug-likeness (QED) is 0.115. The molecule has 22 heteroatoms. The van der Waals surface area contributed by atoms with Gasteiger partial charge in [-0.2, -0.15) is 0 Å². The number of likely N-dealkylation sites (N-methyl/N-ethyl adjacent to an activating group) is 2. The summed E-state index contributed by atoms with van der Waals surface area (Å²) < 4.78 is 0. The summed E-state index contributed by atoms with van der Waals surface area (Å²) in [4.78, 5) is 66.1. The molecule has 4 fully saturated rings. The maximum Gasteiger partial charge on any atom is 0.245 e. The zero-order chi connectivity index (χ0) is 50.2. The van der Waals surface area contributed by atoms with Crippen molar-refractivity contribution in [3.05, 3.63) is 46.5 Å². The molecule has 8 N–H and O–H groups in total. The molecule has 4 aliphatic heterocycles. The van der Waals surface area contributed by atoms with E-state index in [0.717, 1.165) is 149 Å². The number of carbonyl (C=O) groups is 4. The summed E-state index contributed by atoms with van der Waals surface area (Å²) in [5, 5.41) is 17.6. The first-order chi connectivity index (χ1) is 32.4. The fourth-order valence-corrected chi connectivity index (χ4v) is 7.75. The van der Waals surface area contributed by atoms with E-state index in [1.54, 1.807) is 0 Å². The predicted molar refractivity (Wildman–Crippen MR) is 289 cm³/mol. The summed E-state index contributed by atoms with van der Waals surface area (Å²) in [7, 11) is 4.11. The Bertz CT molecular complexity index is 2090. The van der Waals surface area contributed by atoms with Crippen LogP contribution in [0.5, 0.6) is 0 Å². The summed E-state index contributed by atoms with van der Waals surface area (Å²) in [5.74, 6) is 0.237. The van der Waals surface area contributed by atoms with Crippen molar-refractivity contribution in [1.82, 2.24) is 40.0 Å². The lowest BCUT2D eigenvalue weighted by Crippen LogP contribution is -2.50. The van der Waals surface area contributed by atoms with Crippen molar-refractivity contribution in [2.45, 2.75) is 53.4 Å². The largest absolute Gasteiger partial charge is 0.399 e. The van der Waals surface area contributed by atoms with E-state index in [0.29, 0.717) is 10.2 Å². The van der Waals surface area contributed by atoms with Gasteiger partial charge >= 0.3 is 0 Å². The maximum absolute atomic E-state index is 12.4. The van der Waals surface area contributed by atoms with Crippen LogP contribution in [0.4, 0.5) is 22.7 Å². The Hall–Kier alpha value is -5.18. The van der Waals surface area contributed by atoms with Crippen molar-refractivity contribution in [2.75, 3.05) is 141 Å². The van der Waals surface area contributed by atoms with Gasteiger partial charge in [0.15, 0.2) is 10.2 Å². The molecule has 4 amide bonds. The molecule has 0 saturated carbocycles. The number of hydrogen-bond acceptors (Lipinski definition) is 14. The lowest BCUT2D eigenvalue weighted by Gasteiger charge is -2.32. The third kappa shape index (κ3) is 20.6. The van der Waals surface area contributed by atoms with E-state index >= 15 is 0 Å². The van der Waals surface area contributed by atoms with E-state index in [4.69, 9.17) is 35.9 Å². The van der Waals surface area contributed by atoms with Crippen LogP contribution in [0.15, 0.2) is 34.3 Å². The second-order valence-electron chi connectivity index (χ2n) is 17.0. The molecule has 0 radical (unpaired) electrons. The Balaban J connectivity index is 0.000000291. The Labute approximate surface area is 423 Å². The second kappa shape index (κ2) is 30.3. The molecule has 68 heavy (non-hydrogen) atoms. The molecule has 2 aromatic carbocycles. The minimum Gasteiger partial charge on any atom is -0.399 e. The van der Waals surface area contributed by atoms with Gasteiger partial charge in [-0.1, -0.05) is 0 Å². The van der Waals surface area contributed by atoms with E-state index in [9.17, 15) is 19.2 Å². The van der Waals surface area contributed by atoms with Gasteiger partial charge in [0.1, 0.15) is 13.1 Å². The Kier molecular flexibility index (Phi) is 25.5. The number of isothiocyanates is 2. The number of anilines is 4. The third-order valence-corrected chi connectivity index (χ3v) is 12.5. The van der Waals surface area contributed by atoms with E-state index < -0.39 is 0 Å². The molecule has 4 heterocycles. The van der Waals surface area contributed by atoms with Crippen LogP contribution < -0.4 is 32.7 Å². The molecule has 4 aliphatic rings. The number of benzene rings is 2. The molecule has 6 rings (SSSR count). The molecular weight excluding hydrogens is 941 g/mol. The van der Waals surface area contributed by atoms with Crippen LogP contribution in [0.2, 0.25) is 0 Å². The van der Waals surface area contributed by atoms with E-state index in [1.165, 1.54) is 0 Å². The highest BCUT2D eigenvalue weighted by atomic mass is 32.1. The minimum absolute atomic E-state index is 0.0467. The van der Waals surface area contributed by atoms with Crippen molar-refractivity contribution in [3.63, 3.8) is 0 Å².